The van der Waals surface area contributed by atoms with Crippen molar-refractivity contribution in [3.63, 3.8) is 0 Å². The minimum Gasteiger partial charge on any atom is -0.486 e. The van der Waals surface area contributed by atoms with Crippen molar-refractivity contribution in [2.24, 2.45) is 0 Å². The molecule has 0 radical (unpaired) electrons. The first-order valence-electron chi connectivity index (χ1n) is 10.4. The van der Waals surface area contributed by atoms with Crippen LogP contribution in [0.15, 0.2) is 72.8 Å². The number of ether oxygens (including phenoxy) is 2. The summed E-state index contributed by atoms with van der Waals surface area (Å²) in [5, 5.41) is 2.96. The highest BCUT2D eigenvalue weighted by molar-refractivity contribution is 5.99. The number of rotatable bonds is 7. The zero-order valence-corrected chi connectivity index (χ0v) is 17.5. The smallest absolute Gasteiger partial charge is 0.252 e. The van der Waals surface area contributed by atoms with Crippen molar-refractivity contribution in [3.05, 3.63) is 95.1 Å². The van der Waals surface area contributed by atoms with E-state index in [1.54, 1.807) is 6.07 Å². The third-order valence-electron chi connectivity index (χ3n) is 5.38. The molecule has 0 aromatic heterocycles. The second-order valence-corrected chi connectivity index (χ2v) is 7.62. The number of fused-ring (bicyclic) bond motifs is 1. The number of nitrogens with one attached hydrogen (secondary N) is 1. The molecule has 0 saturated heterocycles. The number of Topliss-reactive ketones (excluding diaryl/α,β-unsaturated/α-hetero) is 1. The predicted molar refractivity (Wildman–Crippen MR) is 119 cm³/mol. The van der Waals surface area contributed by atoms with Crippen LogP contribution in [0.2, 0.25) is 0 Å². The lowest BCUT2D eigenvalue weighted by Gasteiger charge is -2.22. The topological polar surface area (TPSA) is 64.6 Å². The first-order valence-corrected chi connectivity index (χ1v) is 10.4. The fourth-order valence-corrected chi connectivity index (χ4v) is 3.74. The van der Waals surface area contributed by atoms with Crippen LogP contribution < -0.4 is 14.8 Å². The average Bonchev–Trinajstić information content (AvgIpc) is 2.80. The highest BCUT2D eigenvalue weighted by atomic mass is 16.6. The van der Waals surface area contributed by atoms with Crippen molar-refractivity contribution in [2.75, 3.05) is 13.2 Å². The number of carbonyl (C=O) groups excluding carboxylic acids is 2. The fourth-order valence-electron chi connectivity index (χ4n) is 3.74. The van der Waals surface area contributed by atoms with Gasteiger partial charge in [-0.05, 0) is 36.6 Å². The lowest BCUT2D eigenvalue weighted by atomic mass is 9.96. The van der Waals surface area contributed by atoms with E-state index in [0.29, 0.717) is 36.7 Å². The first kappa shape index (κ1) is 20.7. The first-order chi connectivity index (χ1) is 15.1. The molecule has 1 N–H and O–H groups in total. The Morgan fingerprint density at radius 2 is 1.65 bits per heavy atom. The summed E-state index contributed by atoms with van der Waals surface area (Å²) in [6, 6.07) is 22.0. The second kappa shape index (κ2) is 9.47. The third kappa shape index (κ3) is 4.94. The molecule has 0 aliphatic carbocycles. The van der Waals surface area contributed by atoms with Crippen LogP contribution in [0.4, 0.5) is 0 Å². The fraction of sp³-hybridized carbons (Fsp3) is 0.231. The minimum absolute atomic E-state index is 0.0756. The van der Waals surface area contributed by atoms with Gasteiger partial charge in [-0.25, -0.2) is 0 Å². The molecule has 1 atom stereocenters. The minimum atomic E-state index is -0.658. The van der Waals surface area contributed by atoms with Crippen LogP contribution in [-0.2, 0) is 17.6 Å². The monoisotopic (exact) mass is 415 g/mol. The Bertz CT molecular complexity index is 1080. The van der Waals surface area contributed by atoms with E-state index in [1.165, 1.54) is 0 Å². The highest BCUT2D eigenvalue weighted by Crippen LogP contribution is 2.34. The molecule has 1 heterocycles. The SMILES string of the molecule is Cc1ccccc1C(=O)NC(Cc1ccccc1)C(=O)Cc1cccc2c1OCCO2. The molecule has 1 aliphatic heterocycles. The van der Waals surface area contributed by atoms with E-state index in [1.807, 2.05) is 73.7 Å². The zero-order valence-electron chi connectivity index (χ0n) is 17.5. The Balaban J connectivity index is 1.57. The maximum Gasteiger partial charge on any atom is 0.252 e. The number of amides is 1. The molecule has 0 spiro atoms. The molecule has 31 heavy (non-hydrogen) atoms. The van der Waals surface area contributed by atoms with Crippen LogP contribution in [0.5, 0.6) is 11.5 Å². The maximum absolute atomic E-state index is 13.3. The lowest BCUT2D eigenvalue weighted by Crippen LogP contribution is -2.43. The predicted octanol–water partition coefficient (Wildman–Crippen LogP) is 3.92. The van der Waals surface area contributed by atoms with E-state index < -0.39 is 6.04 Å². The molecule has 1 amide bonds. The summed E-state index contributed by atoms with van der Waals surface area (Å²) in [5.74, 6) is 0.946. The molecular formula is C26H25NO4. The van der Waals surface area contributed by atoms with Gasteiger partial charge in [0.15, 0.2) is 17.3 Å². The average molecular weight is 415 g/mol. The Kier molecular flexibility index (Phi) is 6.32. The van der Waals surface area contributed by atoms with Gasteiger partial charge >= 0.3 is 0 Å². The molecule has 0 fully saturated rings. The van der Waals surface area contributed by atoms with Crippen LogP contribution in [0.1, 0.15) is 27.0 Å². The number of carbonyl (C=O) groups is 2. The van der Waals surface area contributed by atoms with Crippen molar-refractivity contribution < 1.29 is 19.1 Å². The van der Waals surface area contributed by atoms with Crippen LogP contribution in [0, 0.1) is 6.92 Å². The second-order valence-electron chi connectivity index (χ2n) is 7.62. The van der Waals surface area contributed by atoms with Crippen molar-refractivity contribution in [1.82, 2.24) is 5.32 Å². The van der Waals surface area contributed by atoms with Gasteiger partial charge < -0.3 is 14.8 Å². The van der Waals surface area contributed by atoms with Gasteiger partial charge in [0.2, 0.25) is 0 Å². The van der Waals surface area contributed by atoms with Gasteiger partial charge in [-0.15, -0.1) is 0 Å². The van der Waals surface area contributed by atoms with Gasteiger partial charge in [-0.1, -0.05) is 60.7 Å². The molecule has 1 aliphatic rings. The van der Waals surface area contributed by atoms with E-state index in [0.717, 1.165) is 16.7 Å². The van der Waals surface area contributed by atoms with Crippen LogP contribution in [0.25, 0.3) is 0 Å². The molecule has 5 heteroatoms. The highest BCUT2D eigenvalue weighted by Gasteiger charge is 2.25. The summed E-state index contributed by atoms with van der Waals surface area (Å²) < 4.78 is 11.4. The van der Waals surface area contributed by atoms with Gasteiger partial charge in [0.25, 0.3) is 5.91 Å². The Labute approximate surface area is 182 Å². The Morgan fingerprint density at radius 1 is 0.903 bits per heavy atom. The van der Waals surface area contributed by atoms with Gasteiger partial charge in [-0.2, -0.15) is 0 Å². The number of aryl methyl sites for hydroxylation is 1. The van der Waals surface area contributed by atoms with Crippen molar-refractivity contribution in [1.29, 1.82) is 0 Å². The Hall–Kier alpha value is -3.60. The van der Waals surface area contributed by atoms with E-state index in [-0.39, 0.29) is 18.1 Å². The van der Waals surface area contributed by atoms with E-state index in [4.69, 9.17) is 9.47 Å². The van der Waals surface area contributed by atoms with Crippen molar-refractivity contribution in [3.8, 4) is 11.5 Å². The number of benzene rings is 3. The molecule has 4 rings (SSSR count). The molecule has 3 aromatic carbocycles. The summed E-state index contributed by atoms with van der Waals surface area (Å²) in [7, 11) is 0. The van der Waals surface area contributed by atoms with E-state index in [2.05, 4.69) is 5.32 Å². The summed E-state index contributed by atoms with van der Waals surface area (Å²) in [6.07, 6.45) is 0.571. The standard InChI is InChI=1S/C26H25NO4/c1-18-8-5-6-12-21(18)26(29)27-22(16-19-9-3-2-4-10-19)23(28)17-20-11-7-13-24-25(20)31-15-14-30-24/h2-13,22H,14-17H2,1H3,(H,27,29). The quantitative estimate of drug-likeness (QED) is 0.635. The summed E-state index contributed by atoms with van der Waals surface area (Å²) in [6.45, 7) is 2.83. The van der Waals surface area contributed by atoms with E-state index >= 15 is 0 Å². The summed E-state index contributed by atoms with van der Waals surface area (Å²) in [4.78, 5) is 26.3. The number of ketones is 1. The lowest BCUT2D eigenvalue weighted by molar-refractivity contribution is -0.120. The number of hydrogen-bond acceptors (Lipinski definition) is 4. The Morgan fingerprint density at radius 3 is 2.45 bits per heavy atom. The largest absolute Gasteiger partial charge is 0.486 e. The number of hydrogen-bond donors (Lipinski definition) is 1. The molecule has 5 nitrogen and oxygen atoms in total. The molecule has 0 bridgehead atoms. The molecular weight excluding hydrogens is 390 g/mol. The molecule has 158 valence electrons. The molecule has 0 saturated carbocycles. The summed E-state index contributed by atoms with van der Waals surface area (Å²) in [5.41, 5.74) is 3.20. The zero-order chi connectivity index (χ0) is 21.6. The molecule has 1 unspecified atom stereocenters. The summed E-state index contributed by atoms with van der Waals surface area (Å²) >= 11 is 0. The van der Waals surface area contributed by atoms with Crippen molar-refractivity contribution >= 4 is 11.7 Å². The normalized spacial score (nSPS) is 13.3. The van der Waals surface area contributed by atoms with Gasteiger partial charge in [0.1, 0.15) is 13.2 Å². The van der Waals surface area contributed by atoms with Crippen molar-refractivity contribution in [2.45, 2.75) is 25.8 Å². The van der Waals surface area contributed by atoms with Gasteiger partial charge in [0.05, 0.1) is 6.04 Å². The van der Waals surface area contributed by atoms with E-state index in [9.17, 15) is 9.59 Å². The molecule has 3 aromatic rings. The maximum atomic E-state index is 13.3. The van der Waals surface area contributed by atoms with Crippen LogP contribution >= 0.6 is 0 Å². The van der Waals surface area contributed by atoms with Gasteiger partial charge in [-0.3, -0.25) is 9.59 Å². The van der Waals surface area contributed by atoms with Crippen LogP contribution in [0.3, 0.4) is 0 Å². The van der Waals surface area contributed by atoms with Gasteiger partial charge in [0, 0.05) is 17.5 Å². The van der Waals surface area contributed by atoms with Crippen LogP contribution in [-0.4, -0.2) is 30.9 Å². The number of para-hydroxylation sites is 1. The third-order valence-corrected chi connectivity index (χ3v) is 5.38.